The highest BCUT2D eigenvalue weighted by molar-refractivity contribution is 6.51. The molecule has 2 aliphatic rings. The van der Waals surface area contributed by atoms with Crippen LogP contribution in [0.3, 0.4) is 0 Å². The molecular formula is C24H35Cl2NO5. The molecule has 0 heterocycles. The molecule has 0 aromatic carbocycles. The molecule has 0 spiro atoms. The van der Waals surface area contributed by atoms with E-state index >= 15 is 0 Å². The van der Waals surface area contributed by atoms with Gasteiger partial charge in [0.15, 0.2) is 10.7 Å². The van der Waals surface area contributed by atoms with E-state index < -0.39 is 40.4 Å². The molecule has 0 aromatic rings. The van der Waals surface area contributed by atoms with Crippen molar-refractivity contribution in [2.75, 3.05) is 7.11 Å². The van der Waals surface area contributed by atoms with Crippen molar-refractivity contribution < 1.29 is 24.5 Å². The fraction of sp³-hybridized carbons (Fsp3) is 0.667. The van der Waals surface area contributed by atoms with Crippen LogP contribution in [0.1, 0.15) is 59.3 Å². The molecule has 2 rings (SSSR count). The zero-order valence-electron chi connectivity index (χ0n) is 19.2. The number of amides is 1. The molecule has 0 unspecified atom stereocenters. The predicted molar refractivity (Wildman–Crippen MR) is 127 cm³/mol. The summed E-state index contributed by atoms with van der Waals surface area (Å²) in [5.74, 6) is -0.790. The van der Waals surface area contributed by atoms with Crippen molar-refractivity contribution in [2.45, 2.75) is 88.0 Å². The van der Waals surface area contributed by atoms with Gasteiger partial charge in [0, 0.05) is 19.6 Å². The summed E-state index contributed by atoms with van der Waals surface area (Å²) < 4.78 is 5.26. The molecule has 180 valence electrons. The van der Waals surface area contributed by atoms with Crippen LogP contribution in [-0.4, -0.2) is 57.7 Å². The van der Waals surface area contributed by atoms with Gasteiger partial charge in [-0.05, 0) is 25.3 Å². The van der Waals surface area contributed by atoms with Crippen molar-refractivity contribution in [1.82, 2.24) is 5.32 Å². The Balaban J connectivity index is 2.04. The van der Waals surface area contributed by atoms with Crippen LogP contribution in [-0.2, 0) is 14.3 Å². The van der Waals surface area contributed by atoms with Crippen molar-refractivity contribution in [2.24, 2.45) is 5.92 Å². The fourth-order valence-electron chi connectivity index (χ4n) is 4.66. The Kier molecular flexibility index (Phi) is 9.56. The van der Waals surface area contributed by atoms with E-state index in [0.717, 1.165) is 12.0 Å². The van der Waals surface area contributed by atoms with E-state index in [1.165, 1.54) is 44.9 Å². The number of carbonyl (C=O) groups excluding carboxylic acids is 2. The summed E-state index contributed by atoms with van der Waals surface area (Å²) in [6, 6.07) is -0.965. The first-order chi connectivity index (χ1) is 15.0. The number of nitrogens with one attached hydrogen (secondary N) is 1. The summed E-state index contributed by atoms with van der Waals surface area (Å²) in [4.78, 5) is 23.1. The first-order valence-electron chi connectivity index (χ1n) is 11.2. The lowest BCUT2D eigenvalue weighted by Crippen LogP contribution is -2.74. The van der Waals surface area contributed by atoms with Crippen molar-refractivity contribution in [3.05, 3.63) is 34.9 Å². The van der Waals surface area contributed by atoms with E-state index in [-0.39, 0.29) is 11.5 Å². The van der Waals surface area contributed by atoms with E-state index in [4.69, 9.17) is 27.9 Å². The maximum Gasteiger partial charge on any atom is 0.244 e. The van der Waals surface area contributed by atoms with Gasteiger partial charge in [-0.2, -0.15) is 0 Å². The van der Waals surface area contributed by atoms with Crippen LogP contribution >= 0.6 is 23.2 Å². The van der Waals surface area contributed by atoms with Gasteiger partial charge in [0.2, 0.25) is 5.91 Å². The largest absolute Gasteiger partial charge is 0.389 e. The average Bonchev–Trinajstić information content (AvgIpc) is 2.72. The monoisotopic (exact) mass is 487 g/mol. The summed E-state index contributed by atoms with van der Waals surface area (Å²) in [5, 5.41) is 24.3. The van der Waals surface area contributed by atoms with Gasteiger partial charge in [-0.15, -0.1) is 11.6 Å². The second-order valence-electron chi connectivity index (χ2n) is 9.03. The predicted octanol–water partition coefficient (Wildman–Crippen LogP) is 3.77. The van der Waals surface area contributed by atoms with E-state index in [1.54, 1.807) is 6.08 Å². The molecule has 1 saturated carbocycles. The number of fused-ring (bicyclic) bond motifs is 2. The summed E-state index contributed by atoms with van der Waals surface area (Å²) >= 11 is 12.5. The number of ketones is 1. The molecule has 3 N–H and O–H groups in total. The highest BCUT2D eigenvalue weighted by Crippen LogP contribution is 2.48. The number of rotatable bonds is 10. The third-order valence-electron chi connectivity index (χ3n) is 6.26. The molecule has 2 bridgehead atoms. The van der Waals surface area contributed by atoms with Gasteiger partial charge in [-0.3, -0.25) is 9.59 Å². The molecule has 1 amide bonds. The quantitative estimate of drug-likeness (QED) is 0.188. The third kappa shape index (κ3) is 5.84. The first-order valence-corrected chi connectivity index (χ1v) is 12.0. The number of alkyl halides is 1. The van der Waals surface area contributed by atoms with Crippen molar-refractivity contribution in [1.29, 1.82) is 0 Å². The van der Waals surface area contributed by atoms with E-state index in [1.807, 2.05) is 6.92 Å². The van der Waals surface area contributed by atoms with E-state index in [9.17, 15) is 19.8 Å². The number of carbonyl (C=O) groups is 2. The Hall–Kier alpha value is -1.18. The molecule has 6 atom stereocenters. The van der Waals surface area contributed by atoms with Crippen LogP contribution in [0.15, 0.2) is 34.9 Å². The number of aliphatic hydroxyl groups is 2. The Bertz CT molecular complexity index is 795. The number of methoxy groups -OCH3 is 1. The van der Waals surface area contributed by atoms with E-state index in [2.05, 4.69) is 25.2 Å². The number of ether oxygens (including phenoxy) is 1. The molecule has 0 aromatic heterocycles. The van der Waals surface area contributed by atoms with Gasteiger partial charge < -0.3 is 20.3 Å². The smallest absolute Gasteiger partial charge is 0.244 e. The molecule has 0 radical (unpaired) electrons. The minimum absolute atomic E-state index is 0.103. The van der Waals surface area contributed by atoms with Crippen LogP contribution in [0, 0.1) is 5.92 Å². The molecule has 8 heteroatoms. The second kappa shape index (κ2) is 11.3. The molecule has 0 aliphatic heterocycles. The standard InChI is InChI=1S/C24H35Cl2NO5/c1-5-6-7-8-9-15(2)12-16(3)10-11-19(28)27-18-14-23(31)13-17(25)20(29)24(26,21(18)30)22(23)32-4/h10-13,15,18,21-22,30-31H,5-9,14H2,1-4H3,(H,27,28)/b11-10+,16-12+/t15-,18+,21-,22-,23-,24+/m1/s1. The van der Waals surface area contributed by atoms with Crippen LogP contribution in [0.2, 0.25) is 0 Å². The summed E-state index contributed by atoms with van der Waals surface area (Å²) in [6.07, 6.45) is 9.57. The number of Topliss-reactive ketones (excluding diaryl/α,β-unsaturated/α-hetero) is 1. The van der Waals surface area contributed by atoms with Crippen LogP contribution in [0.25, 0.3) is 0 Å². The van der Waals surface area contributed by atoms with E-state index in [0.29, 0.717) is 5.92 Å². The Morgan fingerprint density at radius 2 is 2.06 bits per heavy atom. The minimum Gasteiger partial charge on any atom is -0.389 e. The Morgan fingerprint density at radius 1 is 1.38 bits per heavy atom. The van der Waals surface area contributed by atoms with Crippen LogP contribution in [0.4, 0.5) is 0 Å². The molecule has 2 aliphatic carbocycles. The SMILES string of the molecule is CCCCCC[C@@H](C)/C=C(C)/C=C/C(=O)N[C@H]1C[C@]2(O)C=C(Cl)C(=O)[C@](Cl)([C@@H]1O)[C@@H]2OC. The molecule has 1 fully saturated rings. The molecular weight excluding hydrogens is 453 g/mol. The summed E-state index contributed by atoms with van der Waals surface area (Å²) in [6.45, 7) is 6.27. The lowest BCUT2D eigenvalue weighted by molar-refractivity contribution is -0.166. The molecule has 6 nitrogen and oxygen atoms in total. The second-order valence-corrected chi connectivity index (χ2v) is 10.1. The molecule has 0 saturated heterocycles. The highest BCUT2D eigenvalue weighted by atomic mass is 35.5. The van der Waals surface area contributed by atoms with Gasteiger partial charge in [0.05, 0.1) is 11.1 Å². The average molecular weight is 488 g/mol. The Labute approximate surface area is 200 Å². The summed E-state index contributed by atoms with van der Waals surface area (Å²) in [7, 11) is 1.29. The number of aliphatic hydroxyl groups excluding tert-OH is 1. The molecule has 32 heavy (non-hydrogen) atoms. The third-order valence-corrected chi connectivity index (χ3v) is 7.13. The maximum atomic E-state index is 12.6. The zero-order chi connectivity index (χ0) is 24.1. The zero-order valence-corrected chi connectivity index (χ0v) is 20.7. The van der Waals surface area contributed by atoms with Crippen molar-refractivity contribution >= 4 is 34.9 Å². The van der Waals surface area contributed by atoms with Gasteiger partial charge in [-0.1, -0.05) is 68.9 Å². The first kappa shape index (κ1) is 27.1. The fourth-order valence-corrected chi connectivity index (χ4v) is 5.59. The lowest BCUT2D eigenvalue weighted by atomic mass is 9.65. The number of hydrogen-bond donors (Lipinski definition) is 3. The topological polar surface area (TPSA) is 95.9 Å². The van der Waals surface area contributed by atoms with Gasteiger partial charge in [0.25, 0.3) is 0 Å². The number of allylic oxidation sites excluding steroid dienone is 4. The van der Waals surface area contributed by atoms with Crippen molar-refractivity contribution in [3.8, 4) is 0 Å². The number of hydrogen-bond acceptors (Lipinski definition) is 5. The van der Waals surface area contributed by atoms with Crippen LogP contribution < -0.4 is 5.32 Å². The highest BCUT2D eigenvalue weighted by Gasteiger charge is 2.67. The maximum absolute atomic E-state index is 12.6. The minimum atomic E-state index is -2.00. The normalized spacial score (nSPS) is 33.9. The Morgan fingerprint density at radius 3 is 2.69 bits per heavy atom. The number of halogens is 2. The van der Waals surface area contributed by atoms with Crippen LogP contribution in [0.5, 0.6) is 0 Å². The van der Waals surface area contributed by atoms with Gasteiger partial charge in [-0.25, -0.2) is 0 Å². The summed E-state index contributed by atoms with van der Waals surface area (Å²) in [5.41, 5.74) is -0.744. The van der Waals surface area contributed by atoms with Gasteiger partial charge >= 0.3 is 0 Å². The van der Waals surface area contributed by atoms with Gasteiger partial charge in [0.1, 0.15) is 17.8 Å². The van der Waals surface area contributed by atoms with Crippen molar-refractivity contribution in [3.63, 3.8) is 0 Å². The lowest BCUT2D eigenvalue weighted by Gasteiger charge is -2.53. The number of unbranched alkanes of at least 4 members (excludes halogenated alkanes) is 3.